The minimum atomic E-state index is 0.675. The fourth-order valence-electron chi connectivity index (χ4n) is 2.81. The van der Waals surface area contributed by atoms with Gasteiger partial charge in [-0.3, -0.25) is 0 Å². The Bertz CT molecular complexity index is 910. The van der Waals surface area contributed by atoms with Gasteiger partial charge in [0.05, 0.1) is 6.61 Å². The van der Waals surface area contributed by atoms with Crippen molar-refractivity contribution in [1.29, 1.82) is 0 Å². The fraction of sp³-hybridized carbons (Fsp3) is 0.136. The van der Waals surface area contributed by atoms with Gasteiger partial charge in [-0.1, -0.05) is 54.6 Å². The van der Waals surface area contributed by atoms with E-state index in [1.807, 2.05) is 42.5 Å². The lowest BCUT2D eigenvalue weighted by Crippen LogP contribution is -2.01. The predicted octanol–water partition coefficient (Wildman–Crippen LogP) is 5.04. The number of fused-ring (bicyclic) bond motifs is 1. The summed E-state index contributed by atoms with van der Waals surface area (Å²) in [4.78, 5) is 4.52. The minimum Gasteiger partial charge on any atom is -0.493 e. The van der Waals surface area contributed by atoms with Crippen molar-refractivity contribution in [3.8, 4) is 5.75 Å². The van der Waals surface area contributed by atoms with E-state index in [1.165, 1.54) is 5.56 Å². The van der Waals surface area contributed by atoms with E-state index in [0.717, 1.165) is 34.7 Å². The molecule has 4 aromatic rings. The Labute approximate surface area is 146 Å². The normalized spacial score (nSPS) is 10.9. The van der Waals surface area contributed by atoms with Crippen molar-refractivity contribution < 1.29 is 9.15 Å². The SMILES string of the molecule is c1ccc(CCOc2ccc(Cc3nc4ccccc4o3)cc2)cc1. The van der Waals surface area contributed by atoms with E-state index >= 15 is 0 Å². The van der Waals surface area contributed by atoms with Crippen molar-refractivity contribution in [2.75, 3.05) is 6.61 Å². The van der Waals surface area contributed by atoms with Gasteiger partial charge in [0.1, 0.15) is 11.3 Å². The van der Waals surface area contributed by atoms with Crippen LogP contribution in [-0.2, 0) is 12.8 Å². The number of para-hydroxylation sites is 2. The van der Waals surface area contributed by atoms with Crippen LogP contribution in [-0.4, -0.2) is 11.6 Å². The zero-order chi connectivity index (χ0) is 16.9. The Hall–Kier alpha value is -3.07. The molecule has 0 saturated heterocycles. The molecule has 0 radical (unpaired) electrons. The second-order valence-electron chi connectivity index (χ2n) is 5.98. The van der Waals surface area contributed by atoms with Gasteiger partial charge < -0.3 is 9.15 Å². The first-order valence-electron chi connectivity index (χ1n) is 8.47. The molecule has 4 rings (SSSR count). The molecule has 0 aliphatic carbocycles. The molecule has 0 saturated carbocycles. The zero-order valence-electron chi connectivity index (χ0n) is 13.9. The Morgan fingerprint density at radius 2 is 1.52 bits per heavy atom. The van der Waals surface area contributed by atoms with Gasteiger partial charge in [0.2, 0.25) is 0 Å². The van der Waals surface area contributed by atoms with Crippen LogP contribution < -0.4 is 4.74 Å². The third kappa shape index (κ3) is 3.89. The number of aromatic nitrogens is 1. The highest BCUT2D eigenvalue weighted by molar-refractivity contribution is 5.72. The summed E-state index contributed by atoms with van der Waals surface area (Å²) in [5.74, 6) is 1.62. The van der Waals surface area contributed by atoms with Crippen molar-refractivity contribution in [3.63, 3.8) is 0 Å². The quantitative estimate of drug-likeness (QED) is 0.497. The molecule has 1 aromatic heterocycles. The summed E-state index contributed by atoms with van der Waals surface area (Å²) >= 11 is 0. The van der Waals surface area contributed by atoms with Crippen LogP contribution in [0, 0.1) is 0 Å². The highest BCUT2D eigenvalue weighted by Crippen LogP contribution is 2.19. The Kier molecular flexibility index (Phi) is 4.46. The van der Waals surface area contributed by atoms with Crippen LogP contribution in [0.5, 0.6) is 5.75 Å². The molecule has 0 atom stereocenters. The van der Waals surface area contributed by atoms with E-state index in [1.54, 1.807) is 0 Å². The van der Waals surface area contributed by atoms with Gasteiger partial charge in [0, 0.05) is 12.8 Å². The Morgan fingerprint density at radius 1 is 0.760 bits per heavy atom. The van der Waals surface area contributed by atoms with E-state index in [0.29, 0.717) is 13.0 Å². The van der Waals surface area contributed by atoms with Crippen LogP contribution in [0.3, 0.4) is 0 Å². The first kappa shape index (κ1) is 15.5. The third-order valence-corrected chi connectivity index (χ3v) is 4.12. The molecule has 3 nitrogen and oxygen atoms in total. The van der Waals surface area contributed by atoms with Gasteiger partial charge in [0.25, 0.3) is 0 Å². The standard InChI is InChI=1S/C22H19NO2/c1-2-6-17(7-3-1)14-15-24-19-12-10-18(11-13-19)16-22-23-20-8-4-5-9-21(20)25-22/h1-13H,14-16H2. The molecule has 0 unspecified atom stereocenters. The van der Waals surface area contributed by atoms with Crippen LogP contribution in [0.2, 0.25) is 0 Å². The van der Waals surface area contributed by atoms with Crippen LogP contribution in [0.4, 0.5) is 0 Å². The maximum Gasteiger partial charge on any atom is 0.199 e. The highest BCUT2D eigenvalue weighted by Gasteiger charge is 2.06. The van der Waals surface area contributed by atoms with Gasteiger partial charge in [0.15, 0.2) is 11.5 Å². The molecule has 0 fully saturated rings. The van der Waals surface area contributed by atoms with Crippen LogP contribution in [0.25, 0.3) is 11.1 Å². The van der Waals surface area contributed by atoms with Gasteiger partial charge in [-0.25, -0.2) is 4.98 Å². The van der Waals surface area contributed by atoms with Gasteiger partial charge >= 0.3 is 0 Å². The molecular weight excluding hydrogens is 310 g/mol. The van der Waals surface area contributed by atoms with E-state index < -0.39 is 0 Å². The first-order chi connectivity index (χ1) is 12.4. The topological polar surface area (TPSA) is 35.3 Å². The molecule has 1 heterocycles. The summed E-state index contributed by atoms with van der Waals surface area (Å²) in [7, 11) is 0. The molecule has 0 aliphatic heterocycles. The lowest BCUT2D eigenvalue weighted by atomic mass is 10.1. The van der Waals surface area contributed by atoms with Gasteiger partial charge in [-0.2, -0.15) is 0 Å². The summed E-state index contributed by atoms with van der Waals surface area (Å²) < 4.78 is 11.6. The summed E-state index contributed by atoms with van der Waals surface area (Å²) in [5.41, 5.74) is 4.17. The van der Waals surface area contributed by atoms with E-state index in [-0.39, 0.29) is 0 Å². The molecule has 0 amide bonds. The number of benzene rings is 3. The highest BCUT2D eigenvalue weighted by atomic mass is 16.5. The van der Waals surface area contributed by atoms with Crippen LogP contribution in [0.15, 0.2) is 83.3 Å². The van der Waals surface area contributed by atoms with Crippen LogP contribution >= 0.6 is 0 Å². The first-order valence-corrected chi connectivity index (χ1v) is 8.47. The lowest BCUT2D eigenvalue weighted by Gasteiger charge is -2.07. The number of ether oxygens (including phenoxy) is 1. The van der Waals surface area contributed by atoms with E-state index in [4.69, 9.17) is 9.15 Å². The maximum absolute atomic E-state index is 5.82. The second kappa shape index (κ2) is 7.22. The molecule has 3 aromatic carbocycles. The summed E-state index contributed by atoms with van der Waals surface area (Å²) in [6, 6.07) is 26.3. The lowest BCUT2D eigenvalue weighted by molar-refractivity contribution is 0.322. The molecule has 3 heteroatoms. The zero-order valence-corrected chi connectivity index (χ0v) is 13.9. The number of rotatable bonds is 6. The number of hydrogen-bond acceptors (Lipinski definition) is 3. The van der Waals surface area contributed by atoms with Crippen LogP contribution in [0.1, 0.15) is 17.0 Å². The van der Waals surface area contributed by atoms with Gasteiger partial charge in [-0.05, 0) is 35.4 Å². The van der Waals surface area contributed by atoms with Crippen molar-refractivity contribution >= 4 is 11.1 Å². The molecule has 25 heavy (non-hydrogen) atoms. The molecule has 0 aliphatic rings. The predicted molar refractivity (Wildman–Crippen MR) is 98.9 cm³/mol. The van der Waals surface area contributed by atoms with Crippen molar-refractivity contribution in [2.24, 2.45) is 0 Å². The molecular formula is C22H19NO2. The van der Waals surface area contributed by atoms with E-state index in [2.05, 4.69) is 41.4 Å². The number of nitrogens with zero attached hydrogens (tertiary/aromatic N) is 1. The summed E-state index contributed by atoms with van der Waals surface area (Å²) in [6.07, 6.45) is 1.59. The minimum absolute atomic E-state index is 0.675. The van der Waals surface area contributed by atoms with Crippen molar-refractivity contribution in [3.05, 3.63) is 95.9 Å². The summed E-state index contributed by atoms with van der Waals surface area (Å²) in [6.45, 7) is 0.675. The smallest absolute Gasteiger partial charge is 0.199 e. The van der Waals surface area contributed by atoms with Crippen molar-refractivity contribution in [1.82, 2.24) is 4.98 Å². The Morgan fingerprint density at radius 3 is 2.32 bits per heavy atom. The number of hydrogen-bond donors (Lipinski definition) is 0. The molecule has 0 N–H and O–H groups in total. The average Bonchev–Trinajstić information content (AvgIpc) is 3.06. The van der Waals surface area contributed by atoms with Crippen molar-refractivity contribution in [2.45, 2.75) is 12.8 Å². The molecule has 0 bridgehead atoms. The second-order valence-corrected chi connectivity index (χ2v) is 5.98. The third-order valence-electron chi connectivity index (χ3n) is 4.12. The largest absolute Gasteiger partial charge is 0.493 e. The Balaban J connectivity index is 1.35. The molecule has 124 valence electrons. The monoisotopic (exact) mass is 329 g/mol. The maximum atomic E-state index is 5.82. The fourth-order valence-corrected chi connectivity index (χ4v) is 2.81. The molecule has 0 spiro atoms. The number of oxazole rings is 1. The summed E-state index contributed by atoms with van der Waals surface area (Å²) in [5, 5.41) is 0. The van der Waals surface area contributed by atoms with E-state index in [9.17, 15) is 0 Å². The average molecular weight is 329 g/mol. The van der Waals surface area contributed by atoms with Gasteiger partial charge in [-0.15, -0.1) is 0 Å².